The number of nitrogens with zero attached hydrogens (tertiary/aromatic N) is 3. The maximum absolute atomic E-state index is 5.47. The molecule has 0 amide bonds. The SMILES string of the molecule is c1ccc(CNc2nc(N3CCOCC3)c3ccccc3n2)cc1. The van der Waals surface area contributed by atoms with Crippen LogP contribution in [0.25, 0.3) is 10.9 Å². The minimum Gasteiger partial charge on any atom is -0.378 e. The molecule has 5 nitrogen and oxygen atoms in total. The molecule has 1 aromatic heterocycles. The zero-order valence-electron chi connectivity index (χ0n) is 13.5. The fourth-order valence-electron chi connectivity index (χ4n) is 2.93. The summed E-state index contributed by atoms with van der Waals surface area (Å²) in [5, 5.41) is 4.44. The van der Waals surface area contributed by atoms with Crippen molar-refractivity contribution in [3.8, 4) is 0 Å². The van der Waals surface area contributed by atoms with Gasteiger partial charge in [-0.3, -0.25) is 0 Å². The van der Waals surface area contributed by atoms with Gasteiger partial charge in [0.2, 0.25) is 5.95 Å². The Morgan fingerprint density at radius 1 is 0.917 bits per heavy atom. The number of anilines is 2. The largest absolute Gasteiger partial charge is 0.378 e. The highest BCUT2D eigenvalue weighted by atomic mass is 16.5. The van der Waals surface area contributed by atoms with Gasteiger partial charge < -0.3 is 15.0 Å². The van der Waals surface area contributed by atoms with Crippen LogP contribution in [-0.2, 0) is 11.3 Å². The lowest BCUT2D eigenvalue weighted by atomic mass is 10.2. The average molecular weight is 320 g/mol. The molecule has 4 rings (SSSR count). The molecule has 0 atom stereocenters. The molecule has 0 spiro atoms. The molecule has 2 heterocycles. The van der Waals surface area contributed by atoms with Crippen LogP contribution in [0, 0.1) is 0 Å². The Labute approximate surface area is 141 Å². The Morgan fingerprint density at radius 3 is 2.50 bits per heavy atom. The van der Waals surface area contributed by atoms with Gasteiger partial charge in [0, 0.05) is 25.0 Å². The maximum atomic E-state index is 5.47. The minimum absolute atomic E-state index is 0.666. The average Bonchev–Trinajstić information content (AvgIpc) is 2.67. The first-order valence-electron chi connectivity index (χ1n) is 8.27. The normalized spacial score (nSPS) is 14.8. The molecule has 1 aliphatic heterocycles. The van der Waals surface area contributed by atoms with Gasteiger partial charge in [0.1, 0.15) is 5.82 Å². The lowest BCUT2D eigenvalue weighted by molar-refractivity contribution is 0.122. The predicted molar refractivity (Wildman–Crippen MR) is 96.3 cm³/mol. The van der Waals surface area contributed by atoms with Crippen molar-refractivity contribution in [3.63, 3.8) is 0 Å². The molecular weight excluding hydrogens is 300 g/mol. The first-order chi connectivity index (χ1) is 11.9. The van der Waals surface area contributed by atoms with E-state index >= 15 is 0 Å². The summed E-state index contributed by atoms with van der Waals surface area (Å²) in [7, 11) is 0. The standard InChI is InChI=1S/C19H20N4O/c1-2-6-15(7-3-1)14-20-19-21-17-9-5-4-8-16(17)18(22-19)23-10-12-24-13-11-23/h1-9H,10-14H2,(H,20,21,22). The highest BCUT2D eigenvalue weighted by Gasteiger charge is 2.17. The monoisotopic (exact) mass is 320 g/mol. The Hall–Kier alpha value is -2.66. The Bertz CT molecular complexity index is 816. The van der Waals surface area contributed by atoms with E-state index in [2.05, 4.69) is 33.4 Å². The molecule has 24 heavy (non-hydrogen) atoms. The predicted octanol–water partition coefficient (Wildman–Crippen LogP) is 3.08. The molecular formula is C19H20N4O. The molecule has 5 heteroatoms. The van der Waals surface area contributed by atoms with Crippen LogP contribution >= 0.6 is 0 Å². The molecule has 0 bridgehead atoms. The van der Waals surface area contributed by atoms with Crippen molar-refractivity contribution < 1.29 is 4.74 Å². The summed E-state index contributed by atoms with van der Waals surface area (Å²) < 4.78 is 5.47. The Morgan fingerprint density at radius 2 is 1.67 bits per heavy atom. The molecule has 1 N–H and O–H groups in total. The summed E-state index contributed by atoms with van der Waals surface area (Å²) in [6.45, 7) is 3.91. The van der Waals surface area contributed by atoms with Gasteiger partial charge in [-0.05, 0) is 17.7 Å². The van der Waals surface area contributed by atoms with Crippen LogP contribution in [0.3, 0.4) is 0 Å². The topological polar surface area (TPSA) is 50.3 Å². The molecule has 1 saturated heterocycles. The van der Waals surface area contributed by atoms with Gasteiger partial charge >= 0.3 is 0 Å². The number of fused-ring (bicyclic) bond motifs is 1. The van der Waals surface area contributed by atoms with E-state index in [4.69, 9.17) is 9.72 Å². The molecule has 1 aliphatic rings. The molecule has 3 aromatic rings. The van der Waals surface area contributed by atoms with E-state index in [9.17, 15) is 0 Å². The van der Waals surface area contributed by atoms with Gasteiger partial charge in [-0.2, -0.15) is 4.98 Å². The van der Waals surface area contributed by atoms with Crippen LogP contribution in [0.2, 0.25) is 0 Å². The van der Waals surface area contributed by atoms with Gasteiger partial charge in [-0.25, -0.2) is 4.98 Å². The number of benzene rings is 2. The van der Waals surface area contributed by atoms with E-state index in [1.54, 1.807) is 0 Å². The van der Waals surface area contributed by atoms with E-state index in [1.165, 1.54) is 5.56 Å². The molecule has 0 aliphatic carbocycles. The summed E-state index contributed by atoms with van der Waals surface area (Å²) in [5.41, 5.74) is 2.17. The van der Waals surface area contributed by atoms with Crippen LogP contribution in [-0.4, -0.2) is 36.3 Å². The number of aromatic nitrogens is 2. The number of ether oxygens (including phenoxy) is 1. The zero-order valence-corrected chi connectivity index (χ0v) is 13.5. The van der Waals surface area contributed by atoms with Crippen molar-refractivity contribution in [1.82, 2.24) is 9.97 Å². The fraction of sp³-hybridized carbons (Fsp3) is 0.263. The van der Waals surface area contributed by atoms with Gasteiger partial charge in [0.15, 0.2) is 0 Å². The van der Waals surface area contributed by atoms with Crippen molar-refractivity contribution in [1.29, 1.82) is 0 Å². The molecule has 0 saturated carbocycles. The summed E-state index contributed by atoms with van der Waals surface area (Å²) >= 11 is 0. The summed E-state index contributed by atoms with van der Waals surface area (Å²) in [6.07, 6.45) is 0. The van der Waals surface area contributed by atoms with E-state index in [1.807, 2.05) is 36.4 Å². The Kier molecular flexibility index (Phi) is 4.25. The number of hydrogen-bond donors (Lipinski definition) is 1. The molecule has 0 unspecified atom stereocenters. The molecule has 2 aromatic carbocycles. The fourth-order valence-corrected chi connectivity index (χ4v) is 2.93. The first kappa shape index (κ1) is 14.9. The number of hydrogen-bond acceptors (Lipinski definition) is 5. The van der Waals surface area contributed by atoms with Gasteiger partial charge in [0.05, 0.1) is 18.7 Å². The third-order valence-corrected chi connectivity index (χ3v) is 4.19. The van der Waals surface area contributed by atoms with E-state index in [0.717, 1.165) is 43.0 Å². The second-order valence-corrected chi connectivity index (χ2v) is 5.83. The van der Waals surface area contributed by atoms with Crippen molar-refractivity contribution >= 4 is 22.7 Å². The highest BCUT2D eigenvalue weighted by Crippen LogP contribution is 2.26. The van der Waals surface area contributed by atoms with Gasteiger partial charge in [-0.15, -0.1) is 0 Å². The second-order valence-electron chi connectivity index (χ2n) is 5.83. The van der Waals surface area contributed by atoms with Crippen LogP contribution in [0.5, 0.6) is 0 Å². The molecule has 1 fully saturated rings. The van der Waals surface area contributed by atoms with Gasteiger partial charge in [-0.1, -0.05) is 42.5 Å². The van der Waals surface area contributed by atoms with Crippen molar-refractivity contribution in [2.45, 2.75) is 6.54 Å². The second kappa shape index (κ2) is 6.84. The zero-order chi connectivity index (χ0) is 16.2. The molecule has 122 valence electrons. The third kappa shape index (κ3) is 3.16. The summed E-state index contributed by atoms with van der Waals surface area (Å²) in [6, 6.07) is 18.5. The van der Waals surface area contributed by atoms with E-state index in [-0.39, 0.29) is 0 Å². The Balaban J connectivity index is 1.65. The van der Waals surface area contributed by atoms with Gasteiger partial charge in [0.25, 0.3) is 0 Å². The third-order valence-electron chi connectivity index (χ3n) is 4.19. The minimum atomic E-state index is 0.666. The van der Waals surface area contributed by atoms with Crippen molar-refractivity contribution in [2.24, 2.45) is 0 Å². The summed E-state index contributed by atoms with van der Waals surface area (Å²) in [5.74, 6) is 1.65. The lowest BCUT2D eigenvalue weighted by Crippen LogP contribution is -2.37. The van der Waals surface area contributed by atoms with Crippen molar-refractivity contribution in [3.05, 3.63) is 60.2 Å². The maximum Gasteiger partial charge on any atom is 0.225 e. The summed E-state index contributed by atoms with van der Waals surface area (Å²) in [4.78, 5) is 11.7. The number of rotatable bonds is 4. The number of morpholine rings is 1. The smallest absolute Gasteiger partial charge is 0.225 e. The van der Waals surface area contributed by atoms with E-state index < -0.39 is 0 Å². The van der Waals surface area contributed by atoms with E-state index in [0.29, 0.717) is 12.5 Å². The number of nitrogens with one attached hydrogen (secondary N) is 1. The van der Waals surface area contributed by atoms with Crippen molar-refractivity contribution in [2.75, 3.05) is 36.5 Å². The highest BCUT2D eigenvalue weighted by molar-refractivity contribution is 5.90. The first-order valence-corrected chi connectivity index (χ1v) is 8.27. The lowest BCUT2D eigenvalue weighted by Gasteiger charge is -2.29. The van der Waals surface area contributed by atoms with Crippen LogP contribution in [0.15, 0.2) is 54.6 Å². The molecule has 0 radical (unpaired) electrons. The number of para-hydroxylation sites is 1. The quantitative estimate of drug-likeness (QED) is 0.800. The van der Waals surface area contributed by atoms with Crippen LogP contribution in [0.1, 0.15) is 5.56 Å². The van der Waals surface area contributed by atoms with Crippen LogP contribution < -0.4 is 10.2 Å². The van der Waals surface area contributed by atoms with Crippen LogP contribution in [0.4, 0.5) is 11.8 Å².